The Morgan fingerprint density at radius 2 is 0.640 bits per heavy atom. The molecule has 130 valence electrons. The molecule has 0 heterocycles. The van der Waals surface area contributed by atoms with E-state index in [0.29, 0.717) is 0 Å². The van der Waals surface area contributed by atoms with Crippen LogP contribution in [-0.2, 0) is 0 Å². The Bertz CT molecular complexity index is 786. The van der Waals surface area contributed by atoms with Gasteiger partial charge in [-0.05, 0) is 0 Å². The fourth-order valence-electron chi connectivity index (χ4n) is 3.86. The molecule has 0 atom stereocenters. The third-order valence-corrected chi connectivity index (χ3v) is 7.13. The first-order chi connectivity index (χ1) is 12.2. The molecule has 0 nitrogen and oxygen atoms in total. The SMILES string of the molecule is [2H][PH](c1cc(C)cc(C)c1)(c1cc(C)cc(C)c1)c1cc(C)cc(C)c1. The van der Waals surface area contributed by atoms with E-state index in [9.17, 15) is 1.28 Å². The van der Waals surface area contributed by atoms with Gasteiger partial charge in [-0.3, -0.25) is 0 Å². The Hall–Kier alpha value is -1.91. The molecule has 0 saturated heterocycles. The van der Waals surface area contributed by atoms with Crippen LogP contribution in [0, 0.1) is 41.5 Å². The second-order valence-corrected chi connectivity index (χ2v) is 9.99. The van der Waals surface area contributed by atoms with Crippen molar-refractivity contribution in [1.82, 2.24) is 0 Å². The van der Waals surface area contributed by atoms with Gasteiger partial charge in [-0.25, -0.2) is 0 Å². The number of hydrogen-bond donors (Lipinski definition) is 0. The van der Waals surface area contributed by atoms with Gasteiger partial charge < -0.3 is 0 Å². The molecule has 0 spiro atoms. The third kappa shape index (κ3) is 4.20. The molecule has 0 saturated carbocycles. The van der Waals surface area contributed by atoms with E-state index >= 15 is 0 Å². The minimum absolute atomic E-state index is 1.17. The van der Waals surface area contributed by atoms with Gasteiger partial charge in [0, 0.05) is 0 Å². The molecule has 0 aliphatic rings. The van der Waals surface area contributed by atoms with Crippen LogP contribution in [0.15, 0.2) is 54.6 Å². The van der Waals surface area contributed by atoms with Crippen LogP contribution in [0.5, 0.6) is 0 Å². The van der Waals surface area contributed by atoms with Crippen LogP contribution in [0.25, 0.3) is 0 Å². The third-order valence-electron chi connectivity index (χ3n) is 4.53. The quantitative estimate of drug-likeness (QED) is 0.598. The Morgan fingerprint density at radius 3 is 0.840 bits per heavy atom. The van der Waals surface area contributed by atoms with E-state index < -0.39 is 7.87 Å². The summed E-state index contributed by atoms with van der Waals surface area (Å²) >= 11 is 0. The van der Waals surface area contributed by atoms with Crippen LogP contribution in [0.4, 0.5) is 0 Å². The zero-order chi connectivity index (χ0) is 19.1. The van der Waals surface area contributed by atoms with E-state index in [1.54, 1.807) is 0 Å². The summed E-state index contributed by atoms with van der Waals surface area (Å²) in [5, 5.41) is 3.51. The van der Waals surface area contributed by atoms with Crippen molar-refractivity contribution >= 4 is 23.8 Å². The monoisotopic (exact) mass is 349 g/mol. The van der Waals surface area contributed by atoms with Crippen LogP contribution in [-0.4, -0.2) is 1.28 Å². The summed E-state index contributed by atoms with van der Waals surface area (Å²) in [6.45, 7) is 12.8. The number of benzene rings is 3. The van der Waals surface area contributed by atoms with Crippen LogP contribution in [0.2, 0.25) is 0 Å². The average molecular weight is 349 g/mol. The van der Waals surface area contributed by atoms with Gasteiger partial charge >= 0.3 is 155 Å². The number of aryl methyl sites for hydroxylation is 6. The molecule has 1 heteroatoms. The van der Waals surface area contributed by atoms with Crippen molar-refractivity contribution in [2.24, 2.45) is 0 Å². The van der Waals surface area contributed by atoms with Crippen molar-refractivity contribution in [2.45, 2.75) is 41.5 Å². The van der Waals surface area contributed by atoms with Gasteiger partial charge in [0.05, 0.1) is 0 Å². The summed E-state index contributed by atoms with van der Waals surface area (Å²) in [5.74, 6) is 0. The molecule has 0 amide bonds. The van der Waals surface area contributed by atoms with Gasteiger partial charge in [0.15, 0.2) is 0 Å². The second kappa shape index (κ2) is 7.14. The summed E-state index contributed by atoms with van der Waals surface area (Å²) in [4.78, 5) is 0. The zero-order valence-corrected chi connectivity index (χ0v) is 17.2. The first kappa shape index (κ1) is 16.6. The van der Waals surface area contributed by atoms with E-state index in [1.807, 2.05) is 0 Å². The maximum atomic E-state index is 9.86. The van der Waals surface area contributed by atoms with Crippen molar-refractivity contribution in [3.05, 3.63) is 88.0 Å². The van der Waals surface area contributed by atoms with Crippen LogP contribution >= 0.6 is 7.87 Å². The van der Waals surface area contributed by atoms with Gasteiger partial charge in [-0.15, -0.1) is 0 Å². The molecular formula is C24H29P. The molecule has 0 radical (unpaired) electrons. The molecule has 0 fully saturated rings. The van der Waals surface area contributed by atoms with Crippen molar-refractivity contribution in [1.29, 1.82) is 1.28 Å². The van der Waals surface area contributed by atoms with Crippen LogP contribution < -0.4 is 15.9 Å². The molecule has 0 bridgehead atoms. The van der Waals surface area contributed by atoms with E-state index in [1.165, 1.54) is 49.3 Å². The number of rotatable bonds is 3. The van der Waals surface area contributed by atoms with Crippen molar-refractivity contribution in [2.75, 3.05) is 0 Å². The second-order valence-electron chi connectivity index (χ2n) is 7.50. The topological polar surface area (TPSA) is 0 Å². The molecule has 0 aliphatic carbocycles. The molecule has 3 rings (SSSR count). The van der Waals surface area contributed by atoms with Crippen molar-refractivity contribution < 1.29 is 0 Å². The van der Waals surface area contributed by atoms with E-state index in [-0.39, 0.29) is 0 Å². The van der Waals surface area contributed by atoms with E-state index in [0.717, 1.165) is 0 Å². The molecule has 3 aromatic carbocycles. The first-order valence-corrected chi connectivity index (χ1v) is 10.4. The fourth-order valence-corrected chi connectivity index (χ4v) is 7.09. The first-order valence-electron chi connectivity index (χ1n) is 9.45. The summed E-state index contributed by atoms with van der Waals surface area (Å²) in [7, 11) is -2.82. The van der Waals surface area contributed by atoms with Gasteiger partial charge in [0.2, 0.25) is 0 Å². The number of hydrogen-bond acceptors (Lipinski definition) is 0. The predicted octanol–water partition coefficient (Wildman–Crippen LogP) is 4.76. The Morgan fingerprint density at radius 1 is 0.440 bits per heavy atom. The fraction of sp³-hybridized carbons (Fsp3) is 0.250. The Kier molecular flexibility index (Phi) is 4.73. The van der Waals surface area contributed by atoms with Gasteiger partial charge in [0.1, 0.15) is 0 Å². The van der Waals surface area contributed by atoms with E-state index in [2.05, 4.69) is 96.1 Å². The van der Waals surface area contributed by atoms with Gasteiger partial charge in [-0.1, -0.05) is 0 Å². The molecule has 0 N–H and O–H groups in total. The molecule has 0 aromatic heterocycles. The minimum atomic E-state index is -2.82. The molecule has 0 unspecified atom stereocenters. The summed E-state index contributed by atoms with van der Waals surface area (Å²) in [6.07, 6.45) is 0. The standard InChI is InChI=1S/C24H29P/c1-16-7-17(2)11-22(10-16)25(23-12-18(3)8-19(4)13-23)24-14-20(5)9-21(6)15-24/h7-15H,25H2,1-6H3/i25D. The van der Waals surface area contributed by atoms with Crippen molar-refractivity contribution in [3.8, 4) is 0 Å². The molecule has 25 heavy (non-hydrogen) atoms. The van der Waals surface area contributed by atoms with Crippen LogP contribution in [0.1, 0.15) is 33.4 Å². The maximum absolute atomic E-state index is 9.86. The molecule has 3 aromatic rings. The summed E-state index contributed by atoms with van der Waals surface area (Å²) in [6, 6.07) is 19.9. The summed E-state index contributed by atoms with van der Waals surface area (Å²) in [5.41, 5.74) is 7.40. The zero-order valence-electron chi connectivity index (χ0n) is 17.2. The van der Waals surface area contributed by atoms with E-state index in [4.69, 9.17) is 0 Å². The molecule has 0 aliphatic heterocycles. The van der Waals surface area contributed by atoms with Gasteiger partial charge in [0.25, 0.3) is 0 Å². The Balaban J connectivity index is 2.38. The van der Waals surface area contributed by atoms with Crippen molar-refractivity contribution in [3.63, 3.8) is 0 Å². The predicted molar refractivity (Wildman–Crippen MR) is 116 cm³/mol. The Labute approximate surface area is 155 Å². The normalized spacial score (nSPS) is 12.8. The average Bonchev–Trinajstić information content (AvgIpc) is 2.51. The van der Waals surface area contributed by atoms with Gasteiger partial charge in [-0.2, -0.15) is 0 Å². The molecular weight excluding hydrogens is 319 g/mol. The summed E-state index contributed by atoms with van der Waals surface area (Å²) < 4.78 is 9.86. The van der Waals surface area contributed by atoms with Crippen LogP contribution in [0.3, 0.4) is 0 Å².